The number of hydrogen-bond acceptors (Lipinski definition) is 5. The van der Waals surface area contributed by atoms with Gasteiger partial charge in [0.15, 0.2) is 5.79 Å². The van der Waals surface area contributed by atoms with Gasteiger partial charge in [-0.2, -0.15) is 0 Å². The summed E-state index contributed by atoms with van der Waals surface area (Å²) >= 11 is 0. The van der Waals surface area contributed by atoms with Gasteiger partial charge in [-0.3, -0.25) is 4.79 Å². The largest absolute Gasteiger partial charge is 0.396 e. The molecule has 0 radical (unpaired) electrons. The number of ether oxygens (including phenoxy) is 1. The zero-order chi connectivity index (χ0) is 29.9. The van der Waals surface area contributed by atoms with Crippen LogP contribution in [0.2, 0.25) is 0 Å². The highest BCUT2D eigenvalue weighted by Crippen LogP contribution is 2.74. The van der Waals surface area contributed by atoms with E-state index in [1.165, 1.54) is 18.2 Å². The fraction of sp³-hybridized carbons (Fsp3) is 0.447. The van der Waals surface area contributed by atoms with E-state index in [2.05, 4.69) is 80.3 Å². The lowest BCUT2D eigenvalue weighted by Crippen LogP contribution is -2.56. The van der Waals surface area contributed by atoms with E-state index in [9.17, 15) is 20.1 Å². The fourth-order valence-electron chi connectivity index (χ4n) is 10.3. The lowest BCUT2D eigenvalue weighted by atomic mass is 9.55. The van der Waals surface area contributed by atoms with Crippen molar-refractivity contribution in [1.82, 2.24) is 0 Å². The number of ketones is 1. The SMILES string of the molecule is C=C1[C@H]2[C@H](CO)C[C@@]3(C(=O)CCc4cccc(c4)C4C=C[C@@H]5Cc6cc7ccc(cc7cc6[C@@H]4[C@H]5O)C[C@]13C)[C@@]2(O)OC. The minimum Gasteiger partial charge on any atom is -0.396 e. The van der Waals surface area contributed by atoms with Crippen molar-refractivity contribution in [2.24, 2.45) is 28.6 Å². The summed E-state index contributed by atoms with van der Waals surface area (Å²) in [6, 6.07) is 19.6. The van der Waals surface area contributed by atoms with Crippen LogP contribution in [-0.2, 0) is 28.8 Å². The fourth-order valence-corrected chi connectivity index (χ4v) is 10.3. The topological polar surface area (TPSA) is 87.0 Å². The molecule has 5 heteroatoms. The third kappa shape index (κ3) is 3.40. The Morgan fingerprint density at radius 2 is 1.86 bits per heavy atom. The molecule has 2 fully saturated rings. The zero-order valence-electron chi connectivity index (χ0n) is 24.9. The van der Waals surface area contributed by atoms with Crippen molar-refractivity contribution < 1.29 is 24.9 Å². The molecular formula is C38H40O5. The molecule has 1 spiro atoms. The number of hydrogen-bond donors (Lipinski definition) is 3. The predicted octanol–water partition coefficient (Wildman–Crippen LogP) is 5.39. The molecule has 2 saturated carbocycles. The molecule has 9 atom stereocenters. The van der Waals surface area contributed by atoms with Crippen LogP contribution in [0.1, 0.15) is 59.4 Å². The molecule has 3 N–H and O–H groups in total. The van der Waals surface area contributed by atoms with E-state index >= 15 is 0 Å². The van der Waals surface area contributed by atoms with E-state index in [0.29, 0.717) is 19.3 Å². The first-order valence-corrected chi connectivity index (χ1v) is 15.8. The van der Waals surface area contributed by atoms with Crippen molar-refractivity contribution in [3.05, 3.63) is 107 Å². The molecule has 3 aromatic carbocycles. The molecule has 0 heterocycles. The summed E-state index contributed by atoms with van der Waals surface area (Å²) in [5.41, 5.74) is 4.59. The highest BCUT2D eigenvalue weighted by atomic mass is 16.6. The van der Waals surface area contributed by atoms with Gasteiger partial charge in [0, 0.05) is 49.2 Å². The van der Waals surface area contributed by atoms with Crippen LogP contribution in [0.5, 0.6) is 0 Å². The highest BCUT2D eigenvalue weighted by molar-refractivity contribution is 5.90. The summed E-state index contributed by atoms with van der Waals surface area (Å²) in [6.07, 6.45) is 6.53. The molecule has 0 amide bonds. The third-order valence-electron chi connectivity index (χ3n) is 12.4. The molecule has 0 aliphatic heterocycles. The van der Waals surface area contributed by atoms with E-state index in [0.717, 1.165) is 39.5 Å². The number of allylic oxidation sites excluding steroid dienone is 1. The Labute approximate surface area is 252 Å². The first-order chi connectivity index (χ1) is 20.6. The quantitative estimate of drug-likeness (QED) is 0.281. The first kappa shape index (κ1) is 27.5. The summed E-state index contributed by atoms with van der Waals surface area (Å²) in [4.78, 5) is 14.7. The summed E-state index contributed by atoms with van der Waals surface area (Å²) in [5.74, 6) is -2.48. The van der Waals surface area contributed by atoms with Gasteiger partial charge in [0.25, 0.3) is 0 Å². The van der Waals surface area contributed by atoms with E-state index in [1.807, 2.05) is 0 Å². The minimum absolute atomic E-state index is 0.0325. The van der Waals surface area contributed by atoms with Gasteiger partial charge in [-0.25, -0.2) is 0 Å². The zero-order valence-corrected chi connectivity index (χ0v) is 24.9. The van der Waals surface area contributed by atoms with Crippen LogP contribution < -0.4 is 0 Å². The van der Waals surface area contributed by atoms with Crippen LogP contribution in [0.15, 0.2) is 78.9 Å². The normalized spacial score (nSPS) is 39.3. The van der Waals surface area contributed by atoms with E-state index in [1.54, 1.807) is 0 Å². The second-order valence-corrected chi connectivity index (χ2v) is 14.2. The number of aryl methyl sites for hydroxylation is 1. The third-order valence-corrected chi connectivity index (χ3v) is 12.4. The van der Waals surface area contributed by atoms with E-state index < -0.39 is 28.6 Å². The van der Waals surface area contributed by atoms with E-state index in [-0.39, 0.29) is 42.5 Å². The van der Waals surface area contributed by atoms with Crippen LogP contribution >= 0.6 is 0 Å². The molecule has 0 aromatic heterocycles. The molecule has 222 valence electrons. The van der Waals surface area contributed by atoms with Crippen LogP contribution in [0.4, 0.5) is 0 Å². The van der Waals surface area contributed by atoms with Crippen LogP contribution in [0, 0.1) is 28.6 Å². The molecule has 8 rings (SSSR count). The lowest BCUT2D eigenvalue weighted by molar-refractivity contribution is -0.254. The van der Waals surface area contributed by atoms with Crippen LogP contribution in [-0.4, -0.2) is 46.7 Å². The van der Waals surface area contributed by atoms with Crippen molar-refractivity contribution in [3.63, 3.8) is 0 Å². The Bertz CT molecular complexity index is 1720. The molecule has 9 bridgehead atoms. The molecule has 5 aliphatic carbocycles. The molecule has 1 unspecified atom stereocenters. The monoisotopic (exact) mass is 576 g/mol. The second kappa shape index (κ2) is 9.21. The number of rotatable bonds is 2. The molecule has 5 nitrogen and oxygen atoms in total. The van der Waals surface area contributed by atoms with Crippen molar-refractivity contribution in [2.45, 2.75) is 62.8 Å². The van der Waals surface area contributed by atoms with Crippen molar-refractivity contribution in [3.8, 4) is 0 Å². The number of carbonyl (C=O) groups is 1. The van der Waals surface area contributed by atoms with Gasteiger partial charge in [-0.1, -0.05) is 85.8 Å². The van der Waals surface area contributed by atoms with Gasteiger partial charge in [-0.15, -0.1) is 0 Å². The van der Waals surface area contributed by atoms with Crippen molar-refractivity contribution in [1.29, 1.82) is 0 Å². The van der Waals surface area contributed by atoms with Crippen molar-refractivity contribution in [2.75, 3.05) is 13.7 Å². The second-order valence-electron chi connectivity index (χ2n) is 14.2. The standard InChI is InChI=1S/C38H40O5/c1-21-34-29(20-39)19-37(38(34,42)43-3)32(40)12-8-22-5-4-6-25(13-22)30-11-10-26-16-28-15-24-9-7-23(18-36(21,37)2)14-27(24)17-31(28)33(30)35(26)41/h4-7,9-11,13-15,17,26,29-30,33-35,39,41-42H,1,8,12,16,18-20H2,2-3H3/t26-,29+,30?,33-,34+,35+,36-,37+,38+/m1/s1. The molecule has 0 saturated heterocycles. The molecule has 3 aromatic rings. The number of methoxy groups -OCH3 is 1. The van der Waals surface area contributed by atoms with Crippen LogP contribution in [0.3, 0.4) is 0 Å². The Kier molecular flexibility index (Phi) is 5.88. The Balaban J connectivity index is 1.36. The van der Waals surface area contributed by atoms with Gasteiger partial charge >= 0.3 is 0 Å². The lowest BCUT2D eigenvalue weighted by Gasteiger charge is -2.48. The number of fused-ring (bicyclic) bond motifs is 6. The van der Waals surface area contributed by atoms with Crippen LogP contribution in [0.25, 0.3) is 10.8 Å². The Morgan fingerprint density at radius 3 is 2.65 bits per heavy atom. The van der Waals surface area contributed by atoms with Gasteiger partial charge in [0.05, 0.1) is 11.5 Å². The molecular weight excluding hydrogens is 536 g/mol. The summed E-state index contributed by atoms with van der Waals surface area (Å²) in [7, 11) is 1.48. The Morgan fingerprint density at radius 1 is 1.02 bits per heavy atom. The maximum Gasteiger partial charge on any atom is 0.185 e. The average molecular weight is 577 g/mol. The summed E-state index contributed by atoms with van der Waals surface area (Å²) in [6.45, 7) is 6.44. The predicted molar refractivity (Wildman–Crippen MR) is 166 cm³/mol. The number of aliphatic hydroxyl groups is 3. The number of Topliss-reactive ketones (excluding diaryl/α,β-unsaturated/α-hetero) is 1. The van der Waals surface area contributed by atoms with Gasteiger partial charge in [0.1, 0.15) is 5.78 Å². The molecule has 5 aliphatic rings. The number of aliphatic hydroxyl groups excluding tert-OH is 2. The smallest absolute Gasteiger partial charge is 0.185 e. The molecule has 43 heavy (non-hydrogen) atoms. The number of carbonyl (C=O) groups excluding carboxylic acids is 1. The van der Waals surface area contributed by atoms with Gasteiger partial charge in [-0.05, 0) is 70.2 Å². The average Bonchev–Trinajstić information content (AvgIpc) is 3.35. The first-order valence-electron chi connectivity index (χ1n) is 15.8. The van der Waals surface area contributed by atoms with Gasteiger partial charge in [0.2, 0.25) is 0 Å². The van der Waals surface area contributed by atoms with Gasteiger partial charge < -0.3 is 20.1 Å². The minimum atomic E-state index is -1.74. The van der Waals surface area contributed by atoms with Crippen molar-refractivity contribution >= 4 is 16.6 Å². The maximum absolute atomic E-state index is 14.7. The summed E-state index contributed by atoms with van der Waals surface area (Å²) in [5, 5.41) is 36.5. The van der Waals surface area contributed by atoms with E-state index in [4.69, 9.17) is 4.74 Å². The summed E-state index contributed by atoms with van der Waals surface area (Å²) < 4.78 is 5.93. The highest BCUT2D eigenvalue weighted by Gasteiger charge is 2.80. The number of benzene rings is 3. The maximum atomic E-state index is 14.7. The Hall–Kier alpha value is -3.09.